The lowest BCUT2D eigenvalue weighted by Gasteiger charge is -2.07. The fraction of sp³-hybridized carbons (Fsp3) is 0.250. The first kappa shape index (κ1) is 22.7. The van der Waals surface area contributed by atoms with Gasteiger partial charge < -0.3 is 14.8 Å². The van der Waals surface area contributed by atoms with Crippen molar-refractivity contribution in [2.75, 3.05) is 20.3 Å². The second-order valence-electron chi connectivity index (χ2n) is 5.91. The number of carbonyl (C=O) groups excluding carboxylic acids is 2. The summed E-state index contributed by atoms with van der Waals surface area (Å²) in [5.41, 5.74) is 3.80. The van der Waals surface area contributed by atoms with Gasteiger partial charge in [0, 0.05) is 20.3 Å². The number of halogens is 2. The van der Waals surface area contributed by atoms with E-state index >= 15 is 0 Å². The standard InChI is InChI=1S/C20H21Cl2N3O4/c1-28-10-2-9-23-19(26)20(27)25-24-12-14-3-6-16(7-4-14)29-13-15-5-8-17(21)18(22)11-15/h3-8,11-12H,2,9-10,13H2,1H3,(H,23,26)(H,25,27)/b24-12-. The van der Waals surface area contributed by atoms with Crippen LogP contribution in [0, 0.1) is 0 Å². The highest BCUT2D eigenvalue weighted by Crippen LogP contribution is 2.23. The van der Waals surface area contributed by atoms with Crippen molar-refractivity contribution in [1.82, 2.24) is 10.7 Å². The number of hydrazone groups is 1. The molecule has 0 atom stereocenters. The van der Waals surface area contributed by atoms with Gasteiger partial charge in [-0.25, -0.2) is 5.43 Å². The van der Waals surface area contributed by atoms with E-state index in [1.807, 2.05) is 6.07 Å². The second-order valence-corrected chi connectivity index (χ2v) is 6.72. The third-order valence-electron chi connectivity index (χ3n) is 3.67. The Kier molecular flexibility index (Phi) is 9.43. The van der Waals surface area contributed by atoms with Crippen LogP contribution in [0.25, 0.3) is 0 Å². The monoisotopic (exact) mass is 437 g/mol. The Morgan fingerprint density at radius 3 is 2.52 bits per heavy atom. The number of rotatable bonds is 9. The number of amides is 2. The maximum absolute atomic E-state index is 11.6. The number of hydrogen-bond acceptors (Lipinski definition) is 5. The molecule has 9 heteroatoms. The molecule has 2 amide bonds. The number of methoxy groups -OCH3 is 1. The summed E-state index contributed by atoms with van der Waals surface area (Å²) in [4.78, 5) is 23.2. The maximum Gasteiger partial charge on any atom is 0.329 e. The normalized spacial score (nSPS) is 10.7. The average molecular weight is 438 g/mol. The third kappa shape index (κ3) is 8.11. The zero-order valence-electron chi connectivity index (χ0n) is 15.8. The van der Waals surface area contributed by atoms with Crippen LogP contribution in [-0.4, -0.2) is 38.3 Å². The molecule has 0 bridgehead atoms. The van der Waals surface area contributed by atoms with Crippen LogP contribution >= 0.6 is 23.2 Å². The number of nitrogens with one attached hydrogen (secondary N) is 2. The molecular weight excluding hydrogens is 417 g/mol. The minimum Gasteiger partial charge on any atom is -0.489 e. The predicted octanol–water partition coefficient (Wildman–Crippen LogP) is 3.18. The van der Waals surface area contributed by atoms with E-state index in [0.717, 1.165) is 11.1 Å². The first-order chi connectivity index (χ1) is 14.0. The number of carbonyl (C=O) groups is 2. The van der Waals surface area contributed by atoms with Crippen molar-refractivity contribution < 1.29 is 19.1 Å². The van der Waals surface area contributed by atoms with Gasteiger partial charge in [0.15, 0.2) is 0 Å². The summed E-state index contributed by atoms with van der Waals surface area (Å²) >= 11 is 11.9. The fourth-order valence-electron chi connectivity index (χ4n) is 2.16. The Morgan fingerprint density at radius 1 is 1.07 bits per heavy atom. The van der Waals surface area contributed by atoms with Crippen LogP contribution in [0.4, 0.5) is 0 Å². The van der Waals surface area contributed by atoms with E-state index in [1.165, 1.54) is 6.21 Å². The molecule has 7 nitrogen and oxygen atoms in total. The molecule has 0 aromatic heterocycles. The van der Waals surface area contributed by atoms with Crippen molar-refractivity contribution in [3.63, 3.8) is 0 Å². The Balaban J connectivity index is 1.77. The largest absolute Gasteiger partial charge is 0.489 e. The molecule has 0 unspecified atom stereocenters. The maximum atomic E-state index is 11.6. The van der Waals surface area contributed by atoms with Gasteiger partial charge in [0.2, 0.25) is 0 Å². The molecule has 0 saturated heterocycles. The molecule has 2 aromatic rings. The SMILES string of the molecule is COCCCNC(=O)C(=O)N/N=C\c1ccc(OCc2ccc(Cl)c(Cl)c2)cc1. The van der Waals surface area contributed by atoms with Crippen molar-refractivity contribution in [2.45, 2.75) is 13.0 Å². The average Bonchev–Trinajstić information content (AvgIpc) is 2.72. The van der Waals surface area contributed by atoms with Gasteiger partial charge in [-0.3, -0.25) is 9.59 Å². The molecule has 2 aromatic carbocycles. The van der Waals surface area contributed by atoms with E-state index in [0.29, 0.717) is 42.0 Å². The Hall–Kier alpha value is -2.61. The summed E-state index contributed by atoms with van der Waals surface area (Å²) in [7, 11) is 1.57. The smallest absolute Gasteiger partial charge is 0.329 e. The number of nitrogens with zero attached hydrogens (tertiary/aromatic N) is 1. The fourth-order valence-corrected chi connectivity index (χ4v) is 2.48. The summed E-state index contributed by atoms with van der Waals surface area (Å²) in [5, 5.41) is 7.21. The van der Waals surface area contributed by atoms with Crippen LogP contribution in [0.15, 0.2) is 47.6 Å². The van der Waals surface area contributed by atoms with Gasteiger partial charge in [0.1, 0.15) is 12.4 Å². The quantitative estimate of drug-likeness (QED) is 0.273. The molecular formula is C20H21Cl2N3O4. The minimum atomic E-state index is -0.833. The summed E-state index contributed by atoms with van der Waals surface area (Å²) in [6, 6.07) is 12.4. The van der Waals surface area contributed by atoms with Crippen molar-refractivity contribution >= 4 is 41.2 Å². The molecule has 0 fully saturated rings. The third-order valence-corrected chi connectivity index (χ3v) is 4.41. The Labute approximate surface area is 179 Å². The van der Waals surface area contributed by atoms with Crippen LogP contribution in [0.1, 0.15) is 17.5 Å². The van der Waals surface area contributed by atoms with Gasteiger partial charge in [-0.2, -0.15) is 5.10 Å². The lowest BCUT2D eigenvalue weighted by Crippen LogP contribution is -2.38. The Morgan fingerprint density at radius 2 is 1.83 bits per heavy atom. The van der Waals surface area contributed by atoms with E-state index in [9.17, 15) is 9.59 Å². The summed E-state index contributed by atoms with van der Waals surface area (Å²) in [6.07, 6.45) is 2.05. The molecule has 0 spiro atoms. The van der Waals surface area contributed by atoms with Crippen LogP contribution in [0.5, 0.6) is 5.75 Å². The lowest BCUT2D eigenvalue weighted by molar-refractivity contribution is -0.139. The van der Waals surface area contributed by atoms with Crippen LogP contribution in [-0.2, 0) is 20.9 Å². The van der Waals surface area contributed by atoms with Gasteiger partial charge in [-0.1, -0.05) is 29.3 Å². The summed E-state index contributed by atoms with van der Waals surface area (Å²) in [5.74, 6) is -0.919. The highest BCUT2D eigenvalue weighted by atomic mass is 35.5. The van der Waals surface area contributed by atoms with E-state index in [4.69, 9.17) is 32.7 Å². The zero-order valence-corrected chi connectivity index (χ0v) is 17.3. The molecule has 0 aliphatic rings. The van der Waals surface area contributed by atoms with E-state index in [1.54, 1.807) is 43.5 Å². The second kappa shape index (κ2) is 12.1. The molecule has 0 saturated carbocycles. The summed E-state index contributed by atoms with van der Waals surface area (Å²) in [6.45, 7) is 1.21. The van der Waals surface area contributed by atoms with Crippen molar-refractivity contribution in [3.05, 3.63) is 63.6 Å². The van der Waals surface area contributed by atoms with E-state index in [-0.39, 0.29) is 0 Å². The molecule has 0 heterocycles. The van der Waals surface area contributed by atoms with Gasteiger partial charge in [-0.05, 0) is 53.9 Å². The van der Waals surface area contributed by atoms with E-state index < -0.39 is 11.8 Å². The minimum absolute atomic E-state index is 0.347. The zero-order chi connectivity index (χ0) is 21.1. The van der Waals surface area contributed by atoms with Gasteiger partial charge in [0.25, 0.3) is 0 Å². The highest BCUT2D eigenvalue weighted by molar-refractivity contribution is 6.42. The van der Waals surface area contributed by atoms with Gasteiger partial charge in [0.05, 0.1) is 16.3 Å². The van der Waals surface area contributed by atoms with Crippen LogP contribution < -0.4 is 15.5 Å². The Bertz CT molecular complexity index is 857. The molecule has 154 valence electrons. The molecule has 2 N–H and O–H groups in total. The molecule has 29 heavy (non-hydrogen) atoms. The first-order valence-corrected chi connectivity index (χ1v) is 9.52. The van der Waals surface area contributed by atoms with Crippen LogP contribution in [0.2, 0.25) is 10.0 Å². The van der Waals surface area contributed by atoms with E-state index in [2.05, 4.69) is 15.8 Å². The number of ether oxygens (including phenoxy) is 2. The predicted molar refractivity (Wildman–Crippen MR) is 112 cm³/mol. The van der Waals surface area contributed by atoms with Gasteiger partial charge >= 0.3 is 11.8 Å². The molecule has 0 aliphatic carbocycles. The lowest BCUT2D eigenvalue weighted by atomic mass is 10.2. The summed E-state index contributed by atoms with van der Waals surface area (Å²) < 4.78 is 10.6. The van der Waals surface area contributed by atoms with Crippen LogP contribution in [0.3, 0.4) is 0 Å². The van der Waals surface area contributed by atoms with Crippen molar-refractivity contribution in [2.24, 2.45) is 5.10 Å². The number of hydrogen-bond donors (Lipinski definition) is 2. The first-order valence-electron chi connectivity index (χ1n) is 8.76. The molecule has 0 radical (unpaired) electrons. The molecule has 2 rings (SSSR count). The number of benzene rings is 2. The van der Waals surface area contributed by atoms with Crippen molar-refractivity contribution in [1.29, 1.82) is 0 Å². The molecule has 0 aliphatic heterocycles. The van der Waals surface area contributed by atoms with Gasteiger partial charge in [-0.15, -0.1) is 0 Å². The highest BCUT2D eigenvalue weighted by Gasteiger charge is 2.11. The topological polar surface area (TPSA) is 89.0 Å². The van der Waals surface area contributed by atoms with Crippen molar-refractivity contribution in [3.8, 4) is 5.75 Å².